The third kappa shape index (κ3) is 4.46. The molecule has 0 spiro atoms. The van der Waals surface area contributed by atoms with Crippen molar-refractivity contribution in [3.63, 3.8) is 0 Å². The molecule has 0 saturated heterocycles. The molecule has 0 aliphatic heterocycles. The van der Waals surface area contributed by atoms with Crippen molar-refractivity contribution < 1.29 is 27.4 Å². The van der Waals surface area contributed by atoms with Gasteiger partial charge in [-0.1, -0.05) is 30.3 Å². The van der Waals surface area contributed by atoms with Gasteiger partial charge in [-0.05, 0) is 17.7 Å². The zero-order valence-corrected chi connectivity index (χ0v) is 14.2. The Morgan fingerprint density at radius 1 is 0.963 bits per heavy atom. The van der Waals surface area contributed by atoms with Crippen molar-refractivity contribution in [1.29, 1.82) is 0 Å². The van der Waals surface area contributed by atoms with Crippen LogP contribution in [0.4, 0.5) is 13.2 Å². The maximum absolute atomic E-state index is 13.7. The Kier molecular flexibility index (Phi) is 5.44. The van der Waals surface area contributed by atoms with Crippen molar-refractivity contribution in [2.75, 3.05) is 7.11 Å². The fourth-order valence-electron chi connectivity index (χ4n) is 2.39. The summed E-state index contributed by atoms with van der Waals surface area (Å²) in [5, 5.41) is 0. The molecule has 0 saturated carbocycles. The van der Waals surface area contributed by atoms with Crippen LogP contribution in [0.3, 0.4) is 0 Å². The standard InChI is InChI=1S/C19H15F3N2O3/c1-25-14-7-8-15(27-16-9-10-23-12-24-16)18(17(14)19(20,21)22)26-11-13-5-3-2-4-6-13/h2-10,12H,11H2,1H3. The van der Waals surface area contributed by atoms with E-state index < -0.39 is 17.5 Å². The molecule has 0 atom stereocenters. The molecule has 0 bridgehead atoms. The predicted molar refractivity (Wildman–Crippen MR) is 90.9 cm³/mol. The summed E-state index contributed by atoms with van der Waals surface area (Å²) < 4.78 is 57.0. The third-order valence-corrected chi connectivity index (χ3v) is 3.58. The first kappa shape index (κ1) is 18.5. The number of halogens is 3. The normalized spacial score (nSPS) is 11.1. The van der Waals surface area contributed by atoms with Gasteiger partial charge in [-0.3, -0.25) is 0 Å². The SMILES string of the molecule is COc1ccc(Oc2ccncn2)c(OCc2ccccc2)c1C(F)(F)F. The quantitative estimate of drug-likeness (QED) is 0.614. The Balaban J connectivity index is 2.03. The van der Waals surface area contributed by atoms with Crippen LogP contribution in [0.5, 0.6) is 23.1 Å². The van der Waals surface area contributed by atoms with E-state index in [1.165, 1.54) is 30.7 Å². The van der Waals surface area contributed by atoms with Crippen LogP contribution in [-0.2, 0) is 12.8 Å². The smallest absolute Gasteiger partial charge is 0.423 e. The van der Waals surface area contributed by atoms with Crippen LogP contribution in [0.1, 0.15) is 11.1 Å². The third-order valence-electron chi connectivity index (χ3n) is 3.58. The molecule has 0 amide bonds. The van der Waals surface area contributed by atoms with E-state index in [-0.39, 0.29) is 24.0 Å². The van der Waals surface area contributed by atoms with Gasteiger partial charge >= 0.3 is 6.18 Å². The van der Waals surface area contributed by atoms with Crippen molar-refractivity contribution in [2.24, 2.45) is 0 Å². The number of nitrogens with zero attached hydrogens (tertiary/aromatic N) is 2. The highest BCUT2D eigenvalue weighted by atomic mass is 19.4. The summed E-state index contributed by atoms with van der Waals surface area (Å²) in [7, 11) is 1.16. The molecule has 3 aromatic rings. The zero-order valence-electron chi connectivity index (χ0n) is 14.2. The molecule has 3 rings (SSSR count). The van der Waals surface area contributed by atoms with E-state index in [0.29, 0.717) is 5.56 Å². The monoisotopic (exact) mass is 376 g/mol. The molecule has 0 aliphatic rings. The van der Waals surface area contributed by atoms with Gasteiger partial charge in [0.2, 0.25) is 5.88 Å². The van der Waals surface area contributed by atoms with Gasteiger partial charge in [-0.25, -0.2) is 9.97 Å². The van der Waals surface area contributed by atoms with Crippen molar-refractivity contribution in [1.82, 2.24) is 9.97 Å². The maximum atomic E-state index is 13.7. The molecule has 1 aromatic heterocycles. The van der Waals surface area contributed by atoms with E-state index >= 15 is 0 Å². The summed E-state index contributed by atoms with van der Waals surface area (Å²) in [4.78, 5) is 7.61. The average molecular weight is 376 g/mol. The molecular weight excluding hydrogens is 361 g/mol. The molecule has 0 radical (unpaired) electrons. The molecular formula is C19H15F3N2O3. The molecule has 0 unspecified atom stereocenters. The summed E-state index contributed by atoms with van der Waals surface area (Å²) in [6, 6.07) is 12.8. The minimum absolute atomic E-state index is 0.0722. The molecule has 5 nitrogen and oxygen atoms in total. The van der Waals surface area contributed by atoms with Crippen molar-refractivity contribution in [3.8, 4) is 23.1 Å². The summed E-state index contributed by atoms with van der Waals surface area (Å²) in [5.41, 5.74) is -0.339. The first-order chi connectivity index (χ1) is 13.0. The summed E-state index contributed by atoms with van der Waals surface area (Å²) in [6.45, 7) is -0.0722. The lowest BCUT2D eigenvalue weighted by Crippen LogP contribution is -2.12. The minimum Gasteiger partial charge on any atom is -0.496 e. The zero-order chi connectivity index (χ0) is 19.3. The highest BCUT2D eigenvalue weighted by Crippen LogP contribution is 2.48. The fourth-order valence-corrected chi connectivity index (χ4v) is 2.39. The lowest BCUT2D eigenvalue weighted by atomic mass is 10.1. The van der Waals surface area contributed by atoms with Crippen molar-refractivity contribution in [2.45, 2.75) is 12.8 Å². The number of hydrogen-bond acceptors (Lipinski definition) is 5. The Morgan fingerprint density at radius 3 is 2.33 bits per heavy atom. The van der Waals surface area contributed by atoms with E-state index in [1.54, 1.807) is 30.3 Å². The number of methoxy groups -OCH3 is 1. The number of benzene rings is 2. The Morgan fingerprint density at radius 2 is 1.70 bits per heavy atom. The fraction of sp³-hybridized carbons (Fsp3) is 0.158. The molecule has 140 valence electrons. The summed E-state index contributed by atoms with van der Waals surface area (Å²) in [5.74, 6) is -0.865. The van der Waals surface area contributed by atoms with Crippen LogP contribution in [0.2, 0.25) is 0 Å². The number of aromatic nitrogens is 2. The molecule has 0 aliphatic carbocycles. The van der Waals surface area contributed by atoms with E-state index in [4.69, 9.17) is 14.2 Å². The Hall–Kier alpha value is -3.29. The van der Waals surface area contributed by atoms with Crippen LogP contribution >= 0.6 is 0 Å². The lowest BCUT2D eigenvalue weighted by molar-refractivity contribution is -0.140. The largest absolute Gasteiger partial charge is 0.496 e. The molecule has 8 heteroatoms. The Labute approximate surface area is 153 Å². The van der Waals surface area contributed by atoms with Crippen LogP contribution in [0.25, 0.3) is 0 Å². The average Bonchev–Trinajstić information content (AvgIpc) is 2.67. The second kappa shape index (κ2) is 7.94. The first-order valence-electron chi connectivity index (χ1n) is 7.88. The maximum Gasteiger partial charge on any atom is 0.423 e. The lowest BCUT2D eigenvalue weighted by Gasteiger charge is -2.20. The van der Waals surface area contributed by atoms with Crippen LogP contribution in [0.15, 0.2) is 61.1 Å². The van der Waals surface area contributed by atoms with Crippen LogP contribution < -0.4 is 14.2 Å². The van der Waals surface area contributed by atoms with E-state index in [1.807, 2.05) is 0 Å². The van der Waals surface area contributed by atoms with Gasteiger partial charge in [0.1, 0.15) is 24.2 Å². The topological polar surface area (TPSA) is 53.5 Å². The van der Waals surface area contributed by atoms with Crippen LogP contribution in [0, 0.1) is 0 Å². The Bertz CT molecular complexity index is 888. The van der Waals surface area contributed by atoms with Crippen LogP contribution in [-0.4, -0.2) is 17.1 Å². The second-order valence-electron chi connectivity index (χ2n) is 5.39. The molecule has 27 heavy (non-hydrogen) atoms. The molecule has 0 N–H and O–H groups in total. The van der Waals surface area contributed by atoms with Gasteiger partial charge in [-0.15, -0.1) is 0 Å². The van der Waals surface area contributed by atoms with E-state index in [0.717, 1.165) is 7.11 Å². The number of alkyl halides is 3. The summed E-state index contributed by atoms with van der Waals surface area (Å²) >= 11 is 0. The van der Waals surface area contributed by atoms with E-state index in [2.05, 4.69) is 9.97 Å². The molecule has 2 aromatic carbocycles. The highest BCUT2D eigenvalue weighted by Gasteiger charge is 2.40. The van der Waals surface area contributed by atoms with E-state index in [9.17, 15) is 13.2 Å². The van der Waals surface area contributed by atoms with Gasteiger partial charge in [0.15, 0.2) is 11.5 Å². The van der Waals surface area contributed by atoms with Gasteiger partial charge in [0.25, 0.3) is 0 Å². The first-order valence-corrected chi connectivity index (χ1v) is 7.88. The van der Waals surface area contributed by atoms with Gasteiger partial charge in [-0.2, -0.15) is 13.2 Å². The predicted octanol–water partition coefficient (Wildman–Crippen LogP) is 4.88. The van der Waals surface area contributed by atoms with Crippen molar-refractivity contribution in [3.05, 3.63) is 72.2 Å². The molecule has 0 fully saturated rings. The molecule has 1 heterocycles. The summed E-state index contributed by atoms with van der Waals surface area (Å²) in [6.07, 6.45) is -2.06. The second-order valence-corrected chi connectivity index (χ2v) is 5.39. The van der Waals surface area contributed by atoms with Crippen molar-refractivity contribution >= 4 is 0 Å². The number of ether oxygens (including phenoxy) is 3. The van der Waals surface area contributed by atoms with Gasteiger partial charge in [0, 0.05) is 12.3 Å². The minimum atomic E-state index is -4.71. The highest BCUT2D eigenvalue weighted by molar-refractivity contribution is 5.56. The number of rotatable bonds is 6. The number of hydrogen-bond donors (Lipinski definition) is 0. The van der Waals surface area contributed by atoms with Gasteiger partial charge in [0.05, 0.1) is 7.11 Å². The van der Waals surface area contributed by atoms with Gasteiger partial charge < -0.3 is 14.2 Å².